The molecule has 4 heteroatoms. The second-order valence-corrected chi connectivity index (χ2v) is 8.67. The van der Waals surface area contributed by atoms with Crippen molar-refractivity contribution in [2.24, 2.45) is 0 Å². The average Bonchev–Trinajstić information content (AvgIpc) is 2.80. The molecule has 0 aromatic heterocycles. The Morgan fingerprint density at radius 2 is 1.28 bits per heavy atom. The van der Waals surface area contributed by atoms with Crippen molar-refractivity contribution in [3.8, 4) is 5.75 Å². The smallest absolute Gasteiger partial charge is 0.128 e. The van der Waals surface area contributed by atoms with Gasteiger partial charge in [-0.3, -0.25) is 5.41 Å². The highest BCUT2D eigenvalue weighted by Crippen LogP contribution is 2.30. The van der Waals surface area contributed by atoms with Gasteiger partial charge in [-0.15, -0.1) is 12.4 Å². The molecule has 0 fully saturated rings. The van der Waals surface area contributed by atoms with Crippen molar-refractivity contribution in [1.82, 2.24) is 4.90 Å². The fraction of sp³-hybridized carbons (Fsp3) is 0.607. The van der Waals surface area contributed by atoms with E-state index in [1.54, 1.807) is 0 Å². The van der Waals surface area contributed by atoms with Gasteiger partial charge in [0.2, 0.25) is 0 Å². The Balaban J connectivity index is 0.00000512. The molecule has 0 heterocycles. The standard InChI is InChI=1S/C28H44N2O.ClH/c1-4-7-10-14-21-30(22-15-11-8-5-2)28(29)26-19-20-27(31-23-16-9-6-3)25-18-13-12-17-24(25)26;/h12-13,17-20,29H,4-11,14-16,21-23H2,1-3H3;1H. The maximum Gasteiger partial charge on any atom is 0.128 e. The van der Waals surface area contributed by atoms with Crippen LogP contribution in [0.15, 0.2) is 36.4 Å². The molecule has 0 unspecified atom stereocenters. The number of nitrogens with one attached hydrogen (secondary N) is 1. The minimum Gasteiger partial charge on any atom is -0.493 e. The quantitative estimate of drug-likeness (QED) is 0.154. The molecule has 32 heavy (non-hydrogen) atoms. The normalized spacial score (nSPS) is 10.7. The van der Waals surface area contributed by atoms with Crippen LogP contribution in [0.25, 0.3) is 10.8 Å². The van der Waals surface area contributed by atoms with E-state index < -0.39 is 0 Å². The number of hydrogen-bond donors (Lipinski definition) is 1. The summed E-state index contributed by atoms with van der Waals surface area (Å²) in [6.07, 6.45) is 13.4. The summed E-state index contributed by atoms with van der Waals surface area (Å²) in [4.78, 5) is 2.31. The maximum absolute atomic E-state index is 9.08. The minimum absolute atomic E-state index is 0. The van der Waals surface area contributed by atoms with E-state index in [-0.39, 0.29) is 12.4 Å². The Bertz CT molecular complexity index is 765. The van der Waals surface area contributed by atoms with Gasteiger partial charge in [0.25, 0.3) is 0 Å². The molecular formula is C28H45ClN2O. The zero-order chi connectivity index (χ0) is 22.3. The van der Waals surface area contributed by atoms with Crippen molar-refractivity contribution in [3.05, 3.63) is 42.0 Å². The van der Waals surface area contributed by atoms with Crippen LogP contribution in [0.4, 0.5) is 0 Å². The second-order valence-electron chi connectivity index (χ2n) is 8.67. The van der Waals surface area contributed by atoms with Crippen molar-refractivity contribution in [3.63, 3.8) is 0 Å². The van der Waals surface area contributed by atoms with Gasteiger partial charge >= 0.3 is 0 Å². The molecule has 2 aromatic rings. The summed E-state index contributed by atoms with van der Waals surface area (Å²) < 4.78 is 6.12. The zero-order valence-electron chi connectivity index (χ0n) is 20.6. The lowest BCUT2D eigenvalue weighted by atomic mass is 10.0. The molecule has 180 valence electrons. The third-order valence-corrected chi connectivity index (χ3v) is 6.02. The Morgan fingerprint density at radius 1 is 0.719 bits per heavy atom. The van der Waals surface area contributed by atoms with E-state index >= 15 is 0 Å². The first-order chi connectivity index (χ1) is 15.2. The first-order valence-corrected chi connectivity index (χ1v) is 12.7. The predicted molar refractivity (Wildman–Crippen MR) is 143 cm³/mol. The van der Waals surface area contributed by atoms with Gasteiger partial charge in [-0.05, 0) is 36.8 Å². The molecule has 2 rings (SSSR count). The molecule has 3 nitrogen and oxygen atoms in total. The van der Waals surface area contributed by atoms with Crippen LogP contribution in [0.1, 0.15) is 97.0 Å². The van der Waals surface area contributed by atoms with E-state index in [0.717, 1.165) is 48.2 Å². The van der Waals surface area contributed by atoms with Crippen molar-refractivity contribution < 1.29 is 4.74 Å². The third kappa shape index (κ3) is 9.02. The van der Waals surface area contributed by atoms with E-state index in [4.69, 9.17) is 10.1 Å². The maximum atomic E-state index is 9.08. The van der Waals surface area contributed by atoms with Gasteiger partial charge in [0.1, 0.15) is 11.6 Å². The highest BCUT2D eigenvalue weighted by Gasteiger charge is 2.16. The summed E-state index contributed by atoms with van der Waals surface area (Å²) in [6, 6.07) is 12.6. The monoisotopic (exact) mass is 460 g/mol. The number of hydrogen-bond acceptors (Lipinski definition) is 2. The number of halogens is 1. The van der Waals surface area contributed by atoms with Crippen LogP contribution >= 0.6 is 12.4 Å². The summed E-state index contributed by atoms with van der Waals surface area (Å²) >= 11 is 0. The lowest BCUT2D eigenvalue weighted by molar-refractivity contribution is 0.310. The van der Waals surface area contributed by atoms with Crippen molar-refractivity contribution in [1.29, 1.82) is 5.41 Å². The van der Waals surface area contributed by atoms with Crippen molar-refractivity contribution >= 4 is 29.0 Å². The van der Waals surface area contributed by atoms with Gasteiger partial charge < -0.3 is 9.64 Å². The predicted octanol–water partition coefficient (Wildman–Crippen LogP) is 8.62. The van der Waals surface area contributed by atoms with E-state index in [1.165, 1.54) is 64.2 Å². The number of rotatable bonds is 16. The molecule has 2 aromatic carbocycles. The van der Waals surface area contributed by atoms with E-state index in [9.17, 15) is 0 Å². The molecule has 0 amide bonds. The highest BCUT2D eigenvalue weighted by molar-refractivity contribution is 6.09. The van der Waals surface area contributed by atoms with Crippen LogP contribution in [0.3, 0.4) is 0 Å². The van der Waals surface area contributed by atoms with E-state index in [2.05, 4.69) is 62.1 Å². The molecule has 0 radical (unpaired) electrons. The topological polar surface area (TPSA) is 36.3 Å². The molecule has 0 atom stereocenters. The van der Waals surface area contributed by atoms with Crippen LogP contribution in [0.5, 0.6) is 5.75 Å². The van der Waals surface area contributed by atoms with Gasteiger partial charge in [-0.25, -0.2) is 0 Å². The summed E-state index contributed by atoms with van der Waals surface area (Å²) in [5, 5.41) is 11.3. The molecule has 0 aliphatic heterocycles. The van der Waals surface area contributed by atoms with E-state index in [0.29, 0.717) is 5.84 Å². The number of fused-ring (bicyclic) bond motifs is 1. The van der Waals surface area contributed by atoms with Crippen LogP contribution in [-0.4, -0.2) is 30.4 Å². The van der Waals surface area contributed by atoms with Crippen LogP contribution in [0, 0.1) is 5.41 Å². The number of amidine groups is 1. The molecule has 1 N–H and O–H groups in total. The number of unbranched alkanes of at least 4 members (excludes halogenated alkanes) is 8. The Morgan fingerprint density at radius 3 is 1.88 bits per heavy atom. The van der Waals surface area contributed by atoms with Gasteiger partial charge in [0.15, 0.2) is 0 Å². The Labute approximate surface area is 202 Å². The fourth-order valence-electron chi connectivity index (χ4n) is 4.10. The number of nitrogens with zero attached hydrogens (tertiary/aromatic N) is 1. The molecule has 0 saturated heterocycles. The van der Waals surface area contributed by atoms with Crippen LogP contribution < -0.4 is 4.74 Å². The second kappa shape index (κ2) is 16.8. The lowest BCUT2D eigenvalue weighted by Crippen LogP contribution is -2.33. The first-order valence-electron chi connectivity index (χ1n) is 12.7. The highest BCUT2D eigenvalue weighted by atomic mass is 35.5. The number of ether oxygens (including phenoxy) is 1. The fourth-order valence-corrected chi connectivity index (χ4v) is 4.10. The van der Waals surface area contributed by atoms with E-state index in [1.807, 2.05) is 0 Å². The van der Waals surface area contributed by atoms with Crippen molar-refractivity contribution in [2.45, 2.75) is 91.4 Å². The number of benzene rings is 2. The van der Waals surface area contributed by atoms with Crippen LogP contribution in [0.2, 0.25) is 0 Å². The molecule has 0 aliphatic rings. The molecular weight excluding hydrogens is 416 g/mol. The molecule has 0 saturated carbocycles. The van der Waals surface area contributed by atoms with Crippen LogP contribution in [-0.2, 0) is 0 Å². The summed E-state index contributed by atoms with van der Waals surface area (Å²) in [6.45, 7) is 9.44. The lowest BCUT2D eigenvalue weighted by Gasteiger charge is -2.26. The average molecular weight is 461 g/mol. The molecule has 0 spiro atoms. The SMILES string of the molecule is CCCCCCN(CCCCCC)C(=N)c1ccc(OCCCCC)c2ccccc12.Cl. The molecule has 0 aliphatic carbocycles. The summed E-state index contributed by atoms with van der Waals surface area (Å²) in [5.74, 6) is 1.61. The Hall–Kier alpha value is -1.74. The van der Waals surface area contributed by atoms with Gasteiger partial charge in [-0.2, -0.15) is 0 Å². The minimum atomic E-state index is 0. The summed E-state index contributed by atoms with van der Waals surface area (Å²) in [5.41, 5.74) is 1.03. The Kier molecular flexibility index (Phi) is 14.9. The van der Waals surface area contributed by atoms with Gasteiger partial charge in [-0.1, -0.05) is 96.4 Å². The van der Waals surface area contributed by atoms with Gasteiger partial charge in [0.05, 0.1) is 6.61 Å². The van der Waals surface area contributed by atoms with Crippen molar-refractivity contribution in [2.75, 3.05) is 19.7 Å². The summed E-state index contributed by atoms with van der Waals surface area (Å²) in [7, 11) is 0. The van der Waals surface area contributed by atoms with Gasteiger partial charge in [0, 0.05) is 24.0 Å². The zero-order valence-corrected chi connectivity index (χ0v) is 21.4. The molecule has 0 bridgehead atoms. The largest absolute Gasteiger partial charge is 0.493 e. The first kappa shape index (κ1) is 28.3. The third-order valence-electron chi connectivity index (χ3n) is 6.02.